The predicted molar refractivity (Wildman–Crippen MR) is 58.5 cm³/mol. The molecule has 1 aliphatic heterocycles. The second-order valence-electron chi connectivity index (χ2n) is 4.37. The van der Waals surface area contributed by atoms with E-state index in [9.17, 15) is 9.90 Å². The minimum absolute atomic E-state index is 0.00102. The van der Waals surface area contributed by atoms with E-state index < -0.39 is 0 Å². The number of hydrogen-bond acceptors (Lipinski definition) is 3. The molecule has 1 saturated carbocycles. The van der Waals surface area contributed by atoms with Gasteiger partial charge in [0.2, 0.25) is 5.78 Å². The van der Waals surface area contributed by atoms with E-state index >= 15 is 0 Å². The number of phenols is 1. The van der Waals surface area contributed by atoms with Gasteiger partial charge in [0.25, 0.3) is 0 Å². The lowest BCUT2D eigenvalue weighted by Gasteiger charge is -2.02. The number of ether oxygens (including phenoxy) is 1. The van der Waals surface area contributed by atoms with Crippen molar-refractivity contribution in [3.8, 4) is 11.5 Å². The Bertz CT molecular complexity index is 510. The van der Waals surface area contributed by atoms with Gasteiger partial charge in [-0.1, -0.05) is 6.07 Å². The van der Waals surface area contributed by atoms with Gasteiger partial charge in [-0.25, -0.2) is 0 Å². The Hall–Kier alpha value is -1.77. The number of aromatic hydroxyl groups is 1. The van der Waals surface area contributed by atoms with E-state index in [-0.39, 0.29) is 11.5 Å². The number of hydrogen-bond donors (Lipinski definition) is 1. The topological polar surface area (TPSA) is 46.5 Å². The number of rotatable bonds is 1. The zero-order valence-electron chi connectivity index (χ0n) is 8.99. The molecule has 0 bridgehead atoms. The molecule has 1 aromatic carbocycles. The molecule has 0 amide bonds. The number of fused-ring (bicyclic) bond motifs is 1. The maximum Gasteiger partial charge on any atom is 0.235 e. The largest absolute Gasteiger partial charge is 0.507 e. The SMILES string of the molecule is CC(=C1Oc2cccc(O)c2C1=O)C1CC1. The predicted octanol–water partition coefficient (Wildman–Crippen LogP) is 2.65. The number of Topliss-reactive ketones (excluding diaryl/α,β-unsaturated/α-hetero) is 1. The standard InChI is InChI=1S/C13H12O3/c1-7(8-5-6-8)13-12(15)11-9(14)3-2-4-10(11)16-13/h2-4,8,14H,5-6H2,1H3. The first-order valence-electron chi connectivity index (χ1n) is 5.44. The molecule has 1 aromatic rings. The summed E-state index contributed by atoms with van der Waals surface area (Å²) in [6.45, 7) is 1.94. The summed E-state index contributed by atoms with van der Waals surface area (Å²) in [5, 5.41) is 9.63. The van der Waals surface area contributed by atoms with Crippen molar-refractivity contribution in [3.63, 3.8) is 0 Å². The lowest BCUT2D eigenvalue weighted by molar-refractivity contribution is 0.101. The minimum Gasteiger partial charge on any atom is -0.507 e. The highest BCUT2D eigenvalue weighted by Gasteiger charge is 2.35. The first kappa shape index (κ1) is 9.46. The van der Waals surface area contributed by atoms with Crippen LogP contribution in [0.2, 0.25) is 0 Å². The Kier molecular flexibility index (Phi) is 1.84. The third kappa shape index (κ3) is 1.24. The van der Waals surface area contributed by atoms with Gasteiger partial charge in [-0.3, -0.25) is 4.79 Å². The Morgan fingerprint density at radius 2 is 2.19 bits per heavy atom. The van der Waals surface area contributed by atoms with Crippen LogP contribution in [-0.4, -0.2) is 10.9 Å². The molecule has 16 heavy (non-hydrogen) atoms. The number of allylic oxidation sites excluding steroid dienone is 2. The summed E-state index contributed by atoms with van der Waals surface area (Å²) in [5.41, 5.74) is 1.32. The van der Waals surface area contributed by atoms with E-state index in [0.29, 0.717) is 23.0 Å². The molecular formula is C13H12O3. The smallest absolute Gasteiger partial charge is 0.235 e. The average molecular weight is 216 g/mol. The van der Waals surface area contributed by atoms with Gasteiger partial charge in [-0.05, 0) is 43.4 Å². The first-order chi connectivity index (χ1) is 7.68. The summed E-state index contributed by atoms with van der Waals surface area (Å²) < 4.78 is 5.53. The molecule has 3 heteroatoms. The van der Waals surface area contributed by atoms with Crippen LogP contribution in [-0.2, 0) is 0 Å². The van der Waals surface area contributed by atoms with E-state index in [1.54, 1.807) is 12.1 Å². The number of benzene rings is 1. The number of carbonyl (C=O) groups excluding carboxylic acids is 1. The van der Waals surface area contributed by atoms with Crippen molar-refractivity contribution >= 4 is 5.78 Å². The Morgan fingerprint density at radius 3 is 2.81 bits per heavy atom. The summed E-state index contributed by atoms with van der Waals surface area (Å²) in [7, 11) is 0. The van der Waals surface area contributed by atoms with Crippen LogP contribution in [0.5, 0.6) is 11.5 Å². The fraction of sp³-hybridized carbons (Fsp3) is 0.308. The molecule has 0 unspecified atom stereocenters. The molecule has 1 aliphatic carbocycles. The molecular weight excluding hydrogens is 204 g/mol. The number of phenolic OH excluding ortho intramolecular Hbond substituents is 1. The highest BCUT2D eigenvalue weighted by atomic mass is 16.5. The van der Waals surface area contributed by atoms with Gasteiger partial charge in [0.05, 0.1) is 0 Å². The third-order valence-corrected chi connectivity index (χ3v) is 3.20. The highest BCUT2D eigenvalue weighted by molar-refractivity contribution is 6.14. The highest BCUT2D eigenvalue weighted by Crippen LogP contribution is 2.43. The van der Waals surface area contributed by atoms with Crippen molar-refractivity contribution in [2.45, 2.75) is 19.8 Å². The summed E-state index contributed by atoms with van der Waals surface area (Å²) in [5.74, 6) is 1.20. The molecule has 0 radical (unpaired) electrons. The van der Waals surface area contributed by atoms with Gasteiger partial charge in [0.15, 0.2) is 5.76 Å². The van der Waals surface area contributed by atoms with Crippen molar-refractivity contribution in [2.24, 2.45) is 5.92 Å². The second-order valence-corrected chi connectivity index (χ2v) is 4.37. The van der Waals surface area contributed by atoms with E-state index in [2.05, 4.69) is 0 Å². The second kappa shape index (κ2) is 3.11. The molecule has 0 saturated heterocycles. The van der Waals surface area contributed by atoms with Crippen LogP contribution in [0.1, 0.15) is 30.1 Å². The zero-order valence-corrected chi connectivity index (χ0v) is 8.99. The summed E-state index contributed by atoms with van der Waals surface area (Å²) in [4.78, 5) is 12.0. The van der Waals surface area contributed by atoms with Crippen LogP contribution in [0.4, 0.5) is 0 Å². The Balaban J connectivity index is 2.10. The van der Waals surface area contributed by atoms with Gasteiger partial charge >= 0.3 is 0 Å². The third-order valence-electron chi connectivity index (χ3n) is 3.20. The molecule has 0 atom stereocenters. The molecule has 1 N–H and O–H groups in total. The van der Waals surface area contributed by atoms with Crippen LogP contribution in [0.15, 0.2) is 29.5 Å². The summed E-state index contributed by atoms with van der Waals surface area (Å²) in [6.07, 6.45) is 2.27. The lowest BCUT2D eigenvalue weighted by atomic mass is 10.1. The zero-order chi connectivity index (χ0) is 11.3. The normalized spacial score (nSPS) is 21.7. The van der Waals surface area contributed by atoms with E-state index in [1.165, 1.54) is 6.07 Å². The average Bonchev–Trinajstić information content (AvgIpc) is 3.04. The lowest BCUT2D eigenvalue weighted by Crippen LogP contribution is -2.03. The van der Waals surface area contributed by atoms with Crippen molar-refractivity contribution in [1.29, 1.82) is 0 Å². The molecule has 3 nitrogen and oxygen atoms in total. The molecule has 1 heterocycles. The van der Waals surface area contributed by atoms with E-state index in [4.69, 9.17) is 4.74 Å². The summed E-state index contributed by atoms with van der Waals surface area (Å²) in [6, 6.07) is 4.90. The van der Waals surface area contributed by atoms with Crippen molar-refractivity contribution in [1.82, 2.24) is 0 Å². The maximum absolute atomic E-state index is 12.0. The monoisotopic (exact) mass is 216 g/mol. The summed E-state index contributed by atoms with van der Waals surface area (Å²) >= 11 is 0. The van der Waals surface area contributed by atoms with E-state index in [1.807, 2.05) is 6.92 Å². The molecule has 82 valence electrons. The Labute approximate surface area is 93.4 Å². The van der Waals surface area contributed by atoms with Crippen LogP contribution >= 0.6 is 0 Å². The van der Waals surface area contributed by atoms with Crippen LogP contribution < -0.4 is 4.74 Å². The minimum atomic E-state index is -0.183. The van der Waals surface area contributed by atoms with Gasteiger partial charge in [0, 0.05) is 0 Å². The van der Waals surface area contributed by atoms with Crippen LogP contribution in [0.3, 0.4) is 0 Å². The van der Waals surface area contributed by atoms with Crippen molar-refractivity contribution in [3.05, 3.63) is 35.1 Å². The quantitative estimate of drug-likeness (QED) is 0.734. The fourth-order valence-electron chi connectivity index (χ4n) is 2.06. The fourth-order valence-corrected chi connectivity index (χ4v) is 2.06. The van der Waals surface area contributed by atoms with Gasteiger partial charge in [-0.15, -0.1) is 0 Å². The van der Waals surface area contributed by atoms with Gasteiger partial charge in [0.1, 0.15) is 17.1 Å². The van der Waals surface area contributed by atoms with Crippen molar-refractivity contribution in [2.75, 3.05) is 0 Å². The van der Waals surface area contributed by atoms with Gasteiger partial charge in [-0.2, -0.15) is 0 Å². The number of carbonyl (C=O) groups is 1. The molecule has 2 aliphatic rings. The molecule has 0 aromatic heterocycles. The maximum atomic E-state index is 12.0. The molecule has 0 spiro atoms. The number of ketones is 1. The van der Waals surface area contributed by atoms with Crippen LogP contribution in [0.25, 0.3) is 0 Å². The first-order valence-corrected chi connectivity index (χ1v) is 5.44. The molecule has 1 fully saturated rings. The Morgan fingerprint density at radius 1 is 1.44 bits per heavy atom. The van der Waals surface area contributed by atoms with E-state index in [0.717, 1.165) is 18.4 Å². The van der Waals surface area contributed by atoms with Gasteiger partial charge < -0.3 is 9.84 Å². The van der Waals surface area contributed by atoms with Crippen molar-refractivity contribution < 1.29 is 14.6 Å². The van der Waals surface area contributed by atoms with Crippen LogP contribution in [0, 0.1) is 5.92 Å². The molecule has 3 rings (SSSR count).